The van der Waals surface area contributed by atoms with Crippen molar-refractivity contribution in [3.8, 4) is 5.69 Å². The monoisotopic (exact) mass is 587 g/mol. The molecule has 0 aliphatic carbocycles. The molecule has 41 heavy (non-hydrogen) atoms. The normalized spacial score (nSPS) is 13.6. The van der Waals surface area contributed by atoms with Crippen LogP contribution in [0.3, 0.4) is 0 Å². The maximum Gasteiger partial charge on any atom is 0.360 e. The van der Waals surface area contributed by atoms with Gasteiger partial charge < -0.3 is 30.3 Å². The SMILES string of the molecule is COC(=O)CCCOC(=O)c1cn(-c2ccc(N3CCN(C)CC3)c(NC(=O)c3cc(N)c(F)c(C)c3Cl)c2)nn1. The predicted molar refractivity (Wildman–Crippen MR) is 151 cm³/mol. The molecule has 2 aromatic carbocycles. The third-order valence-electron chi connectivity index (χ3n) is 6.72. The van der Waals surface area contributed by atoms with Crippen LogP contribution in [-0.2, 0) is 14.3 Å². The van der Waals surface area contributed by atoms with Crippen LogP contribution >= 0.6 is 11.6 Å². The fourth-order valence-electron chi connectivity index (χ4n) is 4.28. The van der Waals surface area contributed by atoms with Crippen molar-refractivity contribution in [2.24, 2.45) is 0 Å². The molecule has 1 aliphatic heterocycles. The van der Waals surface area contributed by atoms with Gasteiger partial charge in [0.05, 0.1) is 53.2 Å². The summed E-state index contributed by atoms with van der Waals surface area (Å²) in [6.45, 7) is 4.61. The molecule has 0 spiro atoms. The number of hydrogen-bond acceptors (Lipinski definition) is 10. The summed E-state index contributed by atoms with van der Waals surface area (Å²) in [5.41, 5.74) is 7.40. The molecule has 0 radical (unpaired) electrons. The van der Waals surface area contributed by atoms with Gasteiger partial charge in [-0.05, 0) is 44.7 Å². The van der Waals surface area contributed by atoms with Gasteiger partial charge >= 0.3 is 11.9 Å². The minimum absolute atomic E-state index is 0.0205. The topological polar surface area (TPSA) is 145 Å². The third kappa shape index (κ3) is 6.92. The minimum Gasteiger partial charge on any atom is -0.469 e. The van der Waals surface area contributed by atoms with Gasteiger partial charge in [-0.2, -0.15) is 0 Å². The number of halogens is 2. The molecule has 0 atom stereocenters. The summed E-state index contributed by atoms with van der Waals surface area (Å²) in [6.07, 6.45) is 1.84. The number of nitrogen functional groups attached to an aromatic ring is 1. The van der Waals surface area contributed by atoms with Crippen LogP contribution in [0.4, 0.5) is 21.5 Å². The molecule has 0 bridgehead atoms. The van der Waals surface area contributed by atoms with E-state index in [2.05, 4.69) is 30.2 Å². The van der Waals surface area contributed by atoms with E-state index in [4.69, 9.17) is 22.1 Å². The highest BCUT2D eigenvalue weighted by Crippen LogP contribution is 2.32. The highest BCUT2D eigenvalue weighted by atomic mass is 35.5. The zero-order chi connectivity index (χ0) is 29.7. The number of amides is 1. The lowest BCUT2D eigenvalue weighted by molar-refractivity contribution is -0.140. The second-order valence-electron chi connectivity index (χ2n) is 9.58. The van der Waals surface area contributed by atoms with E-state index in [1.807, 2.05) is 13.1 Å². The number of nitrogens with two attached hydrogens (primary N) is 1. The molecule has 4 rings (SSSR count). The summed E-state index contributed by atoms with van der Waals surface area (Å²) in [7, 11) is 3.33. The second kappa shape index (κ2) is 13.0. The zero-order valence-corrected chi connectivity index (χ0v) is 23.7. The van der Waals surface area contributed by atoms with Crippen molar-refractivity contribution in [3.05, 3.63) is 58.1 Å². The zero-order valence-electron chi connectivity index (χ0n) is 22.9. The van der Waals surface area contributed by atoms with Crippen molar-refractivity contribution in [2.45, 2.75) is 19.8 Å². The van der Waals surface area contributed by atoms with Crippen molar-refractivity contribution < 1.29 is 28.2 Å². The maximum atomic E-state index is 14.2. The number of piperazine rings is 1. The molecule has 0 saturated carbocycles. The van der Waals surface area contributed by atoms with Gasteiger partial charge in [0.25, 0.3) is 5.91 Å². The number of rotatable bonds is 9. The average molecular weight is 588 g/mol. The van der Waals surface area contributed by atoms with Crippen LogP contribution < -0.4 is 16.0 Å². The van der Waals surface area contributed by atoms with Crippen LogP contribution in [0, 0.1) is 12.7 Å². The van der Waals surface area contributed by atoms with E-state index in [0.717, 1.165) is 31.9 Å². The summed E-state index contributed by atoms with van der Waals surface area (Å²) in [6, 6.07) is 6.53. The molecule has 0 unspecified atom stereocenters. The number of hydrogen-bond donors (Lipinski definition) is 2. The van der Waals surface area contributed by atoms with Gasteiger partial charge in [0.2, 0.25) is 0 Å². The molecule has 218 valence electrons. The smallest absolute Gasteiger partial charge is 0.360 e. The Morgan fingerprint density at radius 1 is 1.17 bits per heavy atom. The van der Waals surface area contributed by atoms with Crippen LogP contribution in [0.2, 0.25) is 5.02 Å². The molecule has 1 aliphatic rings. The lowest BCUT2D eigenvalue weighted by atomic mass is 10.1. The summed E-state index contributed by atoms with van der Waals surface area (Å²) < 4.78 is 25.3. The Labute approximate surface area is 241 Å². The first-order valence-electron chi connectivity index (χ1n) is 12.9. The number of anilines is 3. The van der Waals surface area contributed by atoms with Gasteiger partial charge in [0.15, 0.2) is 11.5 Å². The van der Waals surface area contributed by atoms with Gasteiger partial charge in [-0.1, -0.05) is 16.8 Å². The van der Waals surface area contributed by atoms with Crippen molar-refractivity contribution >= 4 is 46.5 Å². The number of nitrogens with one attached hydrogen (secondary N) is 1. The van der Waals surface area contributed by atoms with Crippen molar-refractivity contribution in [1.29, 1.82) is 0 Å². The number of carbonyl (C=O) groups is 3. The highest BCUT2D eigenvalue weighted by Gasteiger charge is 2.23. The van der Waals surface area contributed by atoms with E-state index in [0.29, 0.717) is 17.8 Å². The van der Waals surface area contributed by atoms with E-state index in [1.54, 1.807) is 12.1 Å². The Morgan fingerprint density at radius 2 is 1.90 bits per heavy atom. The Morgan fingerprint density at radius 3 is 2.61 bits per heavy atom. The van der Waals surface area contributed by atoms with E-state index in [1.165, 1.54) is 31.0 Å². The van der Waals surface area contributed by atoms with Gasteiger partial charge in [-0.3, -0.25) is 9.59 Å². The average Bonchev–Trinajstić information content (AvgIpc) is 3.47. The summed E-state index contributed by atoms with van der Waals surface area (Å²) >= 11 is 6.30. The lowest BCUT2D eigenvalue weighted by Crippen LogP contribution is -2.44. The molecule has 1 fully saturated rings. The Hall–Kier alpha value is -4.23. The number of benzene rings is 2. The van der Waals surface area contributed by atoms with Gasteiger partial charge in [-0.25, -0.2) is 13.9 Å². The largest absolute Gasteiger partial charge is 0.469 e. The van der Waals surface area contributed by atoms with Crippen LogP contribution in [-0.4, -0.2) is 84.7 Å². The first kappa shape index (κ1) is 29.7. The fourth-order valence-corrected chi connectivity index (χ4v) is 4.51. The quantitative estimate of drug-likeness (QED) is 0.218. The fraction of sp³-hybridized carbons (Fsp3) is 0.370. The van der Waals surface area contributed by atoms with E-state index >= 15 is 0 Å². The van der Waals surface area contributed by atoms with E-state index < -0.39 is 23.7 Å². The van der Waals surface area contributed by atoms with Crippen LogP contribution in [0.15, 0.2) is 30.5 Å². The standard InChI is InChI=1S/C27H31ClFN7O5/c1-16-24(28)18(14-19(30)25(16)29)26(38)31-20-13-17(6-7-22(20)35-10-8-34(2)9-11-35)36-15-21(32-33-36)27(39)41-12-4-5-23(37)40-3/h6-7,13-15H,4-5,8-12,30H2,1-3H3,(H,31,38). The molecule has 1 aromatic heterocycles. The van der Waals surface area contributed by atoms with E-state index in [-0.39, 0.29) is 40.6 Å². The number of nitrogens with zero attached hydrogens (tertiary/aromatic N) is 5. The van der Waals surface area contributed by atoms with Crippen LogP contribution in [0.1, 0.15) is 39.3 Å². The van der Waals surface area contributed by atoms with Gasteiger partial charge in [-0.15, -0.1) is 5.10 Å². The molecule has 2 heterocycles. The maximum absolute atomic E-state index is 14.2. The highest BCUT2D eigenvalue weighted by molar-refractivity contribution is 6.35. The number of aromatic nitrogens is 3. The van der Waals surface area contributed by atoms with Gasteiger partial charge in [0, 0.05) is 38.2 Å². The third-order valence-corrected chi connectivity index (χ3v) is 7.21. The molecule has 12 nitrogen and oxygen atoms in total. The second-order valence-corrected chi connectivity index (χ2v) is 9.95. The lowest BCUT2D eigenvalue weighted by Gasteiger charge is -2.35. The number of methoxy groups -OCH3 is 1. The predicted octanol–water partition coefficient (Wildman–Crippen LogP) is 3.06. The Kier molecular flexibility index (Phi) is 9.40. The summed E-state index contributed by atoms with van der Waals surface area (Å²) in [5, 5.41) is 10.8. The summed E-state index contributed by atoms with van der Waals surface area (Å²) in [5.74, 6) is -2.32. The first-order valence-corrected chi connectivity index (χ1v) is 13.3. The Balaban J connectivity index is 1.59. The summed E-state index contributed by atoms with van der Waals surface area (Å²) in [4.78, 5) is 41.3. The number of carbonyl (C=O) groups excluding carboxylic acids is 3. The van der Waals surface area contributed by atoms with Crippen molar-refractivity contribution in [1.82, 2.24) is 19.9 Å². The van der Waals surface area contributed by atoms with Gasteiger partial charge in [0.1, 0.15) is 0 Å². The van der Waals surface area contributed by atoms with Crippen molar-refractivity contribution in [2.75, 3.05) is 62.9 Å². The van der Waals surface area contributed by atoms with Crippen LogP contribution in [0.5, 0.6) is 0 Å². The van der Waals surface area contributed by atoms with Crippen LogP contribution in [0.25, 0.3) is 5.69 Å². The first-order chi connectivity index (χ1) is 19.6. The molecular weight excluding hydrogens is 557 g/mol. The van der Waals surface area contributed by atoms with Crippen molar-refractivity contribution in [3.63, 3.8) is 0 Å². The Bertz CT molecular complexity index is 1460. The molecule has 1 amide bonds. The number of likely N-dealkylation sites (N-methyl/N-ethyl adjacent to an activating group) is 1. The number of ether oxygens (including phenoxy) is 2. The molecule has 3 N–H and O–H groups in total. The molecule has 1 saturated heterocycles. The number of esters is 2. The van der Waals surface area contributed by atoms with E-state index in [9.17, 15) is 18.8 Å². The molecule has 3 aromatic rings. The molecule has 14 heteroatoms. The molecular formula is C27H31ClFN7O5. The minimum atomic E-state index is -0.692.